The van der Waals surface area contributed by atoms with Crippen LogP contribution in [0.3, 0.4) is 0 Å². The van der Waals surface area contributed by atoms with Crippen LogP contribution in [0.5, 0.6) is 0 Å². The van der Waals surface area contributed by atoms with E-state index in [1.165, 1.54) is 4.90 Å². The normalized spacial score (nSPS) is 11.9. The van der Waals surface area contributed by atoms with Gasteiger partial charge in [0.2, 0.25) is 5.91 Å². The lowest BCUT2D eigenvalue weighted by Gasteiger charge is -2.15. The average Bonchev–Trinajstić information content (AvgIpc) is 2.44. The molecule has 4 nitrogen and oxygen atoms in total. The minimum absolute atomic E-state index is 0.00467. The van der Waals surface area contributed by atoms with Crippen molar-refractivity contribution in [2.75, 3.05) is 31.8 Å². The molecule has 0 aliphatic rings. The third-order valence-electron chi connectivity index (χ3n) is 2.69. The number of ether oxygens (including phenoxy) is 1. The van der Waals surface area contributed by atoms with E-state index in [0.717, 1.165) is 12.1 Å². The lowest BCUT2D eigenvalue weighted by atomic mass is 10.2. The van der Waals surface area contributed by atoms with Gasteiger partial charge < -0.3 is 15.4 Å². The highest BCUT2D eigenvalue weighted by atomic mass is 32.2. The zero-order chi connectivity index (χ0) is 14.1. The predicted molar refractivity (Wildman–Crippen MR) is 80.8 cm³/mol. The summed E-state index contributed by atoms with van der Waals surface area (Å²) in [6, 6.07) is 7.80. The minimum Gasteiger partial charge on any atom is -0.385 e. The molecule has 19 heavy (non-hydrogen) atoms. The van der Waals surface area contributed by atoms with Crippen molar-refractivity contribution in [2.45, 2.75) is 24.3 Å². The van der Waals surface area contributed by atoms with Gasteiger partial charge in [-0.3, -0.25) is 4.79 Å². The summed E-state index contributed by atoms with van der Waals surface area (Å²) in [5.74, 6) is 0.00467. The SMILES string of the molecule is COCCCNC(=O)C(C)Nc1ccc(SC)cc1. The molecule has 1 amide bonds. The van der Waals surface area contributed by atoms with Crippen LogP contribution in [0.2, 0.25) is 0 Å². The fraction of sp³-hybridized carbons (Fsp3) is 0.500. The van der Waals surface area contributed by atoms with Crippen molar-refractivity contribution < 1.29 is 9.53 Å². The molecule has 0 saturated carbocycles. The topological polar surface area (TPSA) is 50.4 Å². The van der Waals surface area contributed by atoms with E-state index in [1.807, 2.05) is 37.4 Å². The zero-order valence-corrected chi connectivity index (χ0v) is 12.5. The van der Waals surface area contributed by atoms with Crippen molar-refractivity contribution in [1.82, 2.24) is 5.32 Å². The average molecular weight is 282 g/mol. The summed E-state index contributed by atoms with van der Waals surface area (Å²) in [6.45, 7) is 3.16. The predicted octanol–water partition coefficient (Wildman–Crippen LogP) is 2.36. The molecule has 0 radical (unpaired) electrons. The third-order valence-corrected chi connectivity index (χ3v) is 3.43. The molecule has 1 atom stereocenters. The van der Waals surface area contributed by atoms with E-state index in [1.54, 1.807) is 18.9 Å². The van der Waals surface area contributed by atoms with Crippen molar-refractivity contribution in [3.63, 3.8) is 0 Å². The maximum absolute atomic E-state index is 11.8. The van der Waals surface area contributed by atoms with Crippen LogP contribution in [0, 0.1) is 0 Å². The van der Waals surface area contributed by atoms with E-state index in [9.17, 15) is 4.79 Å². The van der Waals surface area contributed by atoms with Crippen molar-refractivity contribution in [2.24, 2.45) is 0 Å². The van der Waals surface area contributed by atoms with Crippen LogP contribution in [0.15, 0.2) is 29.2 Å². The summed E-state index contributed by atoms with van der Waals surface area (Å²) < 4.78 is 4.93. The summed E-state index contributed by atoms with van der Waals surface area (Å²) in [4.78, 5) is 13.0. The van der Waals surface area contributed by atoms with E-state index in [2.05, 4.69) is 10.6 Å². The largest absolute Gasteiger partial charge is 0.385 e. The second-order valence-corrected chi connectivity index (χ2v) is 5.11. The molecule has 0 aliphatic heterocycles. The lowest BCUT2D eigenvalue weighted by Crippen LogP contribution is -2.38. The number of hydrogen-bond donors (Lipinski definition) is 2. The van der Waals surface area contributed by atoms with Crippen molar-refractivity contribution in [3.8, 4) is 0 Å². The lowest BCUT2D eigenvalue weighted by molar-refractivity contribution is -0.121. The van der Waals surface area contributed by atoms with Gasteiger partial charge in [0.25, 0.3) is 0 Å². The molecular weight excluding hydrogens is 260 g/mol. The molecular formula is C14H22N2O2S. The van der Waals surface area contributed by atoms with Gasteiger partial charge in [0.1, 0.15) is 6.04 Å². The van der Waals surface area contributed by atoms with Crippen molar-refractivity contribution >= 4 is 23.4 Å². The maximum Gasteiger partial charge on any atom is 0.242 e. The molecule has 0 aliphatic carbocycles. The summed E-state index contributed by atoms with van der Waals surface area (Å²) >= 11 is 1.70. The van der Waals surface area contributed by atoms with Crippen LogP contribution in [0.4, 0.5) is 5.69 Å². The molecule has 0 bridgehead atoms. The molecule has 5 heteroatoms. The van der Waals surface area contributed by atoms with E-state index in [-0.39, 0.29) is 11.9 Å². The first-order valence-corrected chi connectivity index (χ1v) is 7.57. The fourth-order valence-corrected chi connectivity index (χ4v) is 1.99. The van der Waals surface area contributed by atoms with Crippen LogP contribution >= 0.6 is 11.8 Å². The first-order chi connectivity index (χ1) is 9.17. The Hall–Kier alpha value is -1.20. The second kappa shape index (κ2) is 8.82. The molecule has 1 aromatic carbocycles. The molecule has 0 fully saturated rings. The zero-order valence-electron chi connectivity index (χ0n) is 11.7. The fourth-order valence-electron chi connectivity index (χ4n) is 1.58. The van der Waals surface area contributed by atoms with Gasteiger partial charge in [-0.25, -0.2) is 0 Å². The van der Waals surface area contributed by atoms with Crippen molar-refractivity contribution in [3.05, 3.63) is 24.3 Å². The van der Waals surface area contributed by atoms with Gasteiger partial charge in [0.15, 0.2) is 0 Å². The molecule has 106 valence electrons. The number of amides is 1. The molecule has 1 unspecified atom stereocenters. The number of hydrogen-bond acceptors (Lipinski definition) is 4. The Morgan fingerprint density at radius 3 is 2.63 bits per heavy atom. The van der Waals surface area contributed by atoms with Crippen LogP contribution < -0.4 is 10.6 Å². The second-order valence-electron chi connectivity index (χ2n) is 4.23. The van der Waals surface area contributed by atoms with Crippen molar-refractivity contribution in [1.29, 1.82) is 0 Å². The number of carbonyl (C=O) groups is 1. The van der Waals surface area contributed by atoms with E-state index < -0.39 is 0 Å². The van der Waals surface area contributed by atoms with Gasteiger partial charge in [-0.1, -0.05) is 0 Å². The van der Waals surface area contributed by atoms with Crippen LogP contribution in [-0.2, 0) is 9.53 Å². The summed E-state index contributed by atoms with van der Waals surface area (Å²) in [5, 5.41) is 6.06. The molecule has 1 rings (SSSR count). The first kappa shape index (κ1) is 15.9. The number of rotatable bonds is 8. The van der Waals surface area contributed by atoms with Crippen LogP contribution in [0.25, 0.3) is 0 Å². The molecule has 0 aromatic heterocycles. The van der Waals surface area contributed by atoms with Gasteiger partial charge in [-0.05, 0) is 43.9 Å². The van der Waals surface area contributed by atoms with Gasteiger partial charge in [-0.2, -0.15) is 0 Å². The molecule has 0 spiro atoms. The Bertz CT molecular complexity index is 382. The number of thioether (sulfide) groups is 1. The Labute approximate surface area is 119 Å². The van der Waals surface area contributed by atoms with E-state index in [4.69, 9.17) is 4.74 Å². The first-order valence-electron chi connectivity index (χ1n) is 6.34. The minimum atomic E-state index is -0.248. The van der Waals surface area contributed by atoms with Crippen LogP contribution in [-0.4, -0.2) is 38.5 Å². The Morgan fingerprint density at radius 1 is 1.37 bits per heavy atom. The van der Waals surface area contributed by atoms with Gasteiger partial charge in [0, 0.05) is 30.8 Å². The number of carbonyl (C=O) groups excluding carboxylic acids is 1. The Balaban J connectivity index is 2.35. The molecule has 0 saturated heterocycles. The summed E-state index contributed by atoms with van der Waals surface area (Å²) in [6.07, 6.45) is 2.87. The Morgan fingerprint density at radius 2 is 2.05 bits per heavy atom. The van der Waals surface area contributed by atoms with Gasteiger partial charge in [0.05, 0.1) is 0 Å². The molecule has 1 aromatic rings. The molecule has 0 heterocycles. The number of anilines is 1. The van der Waals surface area contributed by atoms with E-state index >= 15 is 0 Å². The monoisotopic (exact) mass is 282 g/mol. The summed E-state index contributed by atoms with van der Waals surface area (Å²) in [5.41, 5.74) is 0.956. The van der Waals surface area contributed by atoms with E-state index in [0.29, 0.717) is 13.2 Å². The summed E-state index contributed by atoms with van der Waals surface area (Å²) in [7, 11) is 1.66. The quantitative estimate of drug-likeness (QED) is 0.568. The number of methoxy groups -OCH3 is 1. The highest BCUT2D eigenvalue weighted by Gasteiger charge is 2.11. The highest BCUT2D eigenvalue weighted by Crippen LogP contribution is 2.17. The van der Waals surface area contributed by atoms with Gasteiger partial charge in [-0.15, -0.1) is 11.8 Å². The number of benzene rings is 1. The van der Waals surface area contributed by atoms with Gasteiger partial charge >= 0.3 is 0 Å². The van der Waals surface area contributed by atoms with Crippen LogP contribution in [0.1, 0.15) is 13.3 Å². The maximum atomic E-state index is 11.8. The highest BCUT2D eigenvalue weighted by molar-refractivity contribution is 7.98. The smallest absolute Gasteiger partial charge is 0.242 e. The number of nitrogens with one attached hydrogen (secondary N) is 2. The Kier molecular flexibility index (Phi) is 7.36. The molecule has 2 N–H and O–H groups in total. The standard InChI is InChI=1S/C14H22N2O2S/c1-11(14(17)15-9-4-10-18-2)16-12-5-7-13(19-3)8-6-12/h5-8,11,16H,4,9-10H2,1-3H3,(H,15,17). The third kappa shape index (κ3) is 5.98.